The number of carbonyl (C=O) groups excluding carboxylic acids is 2. The Morgan fingerprint density at radius 2 is 1.57 bits per heavy atom. The van der Waals surface area contributed by atoms with Gasteiger partial charge in [0, 0.05) is 11.4 Å². The summed E-state index contributed by atoms with van der Waals surface area (Å²) in [4.78, 5) is 21.7. The Bertz CT molecular complexity index is 639. The summed E-state index contributed by atoms with van der Waals surface area (Å²) in [6.07, 6.45) is 0.799. The van der Waals surface area contributed by atoms with Gasteiger partial charge in [-0.15, -0.1) is 0 Å². The lowest BCUT2D eigenvalue weighted by Crippen LogP contribution is -2.15. The first-order chi connectivity index (χ1) is 11.2. The lowest BCUT2D eigenvalue weighted by molar-refractivity contribution is -0.105. The number of carbonyl (C=O) groups is 2. The highest BCUT2D eigenvalue weighted by atomic mass is 16.6. The quantitative estimate of drug-likeness (QED) is 0.685. The molecule has 23 heavy (non-hydrogen) atoms. The minimum atomic E-state index is -0.593. The van der Waals surface area contributed by atoms with Gasteiger partial charge in [0.25, 0.3) is 0 Å². The fourth-order valence-corrected chi connectivity index (χ4v) is 2.02. The third-order valence-corrected chi connectivity index (χ3v) is 3.11. The van der Waals surface area contributed by atoms with E-state index in [0.29, 0.717) is 12.1 Å². The standard InChI is InChI=1S/C17H18N2O4/c20-9-10-23-17(22)19-16-7-3-14(4-8-16)11-13-1-5-15(6-2-13)18-12-21/h1-8,12,20H,9-11H2,(H,18,21)(H,19,22). The van der Waals surface area contributed by atoms with E-state index >= 15 is 0 Å². The first-order valence-electron chi connectivity index (χ1n) is 7.14. The molecule has 0 radical (unpaired) electrons. The van der Waals surface area contributed by atoms with Crippen LogP contribution in [0.25, 0.3) is 0 Å². The molecule has 0 aliphatic heterocycles. The highest BCUT2D eigenvalue weighted by Crippen LogP contribution is 2.15. The summed E-state index contributed by atoms with van der Waals surface area (Å²) in [5, 5.41) is 13.7. The van der Waals surface area contributed by atoms with Gasteiger partial charge in [-0.05, 0) is 41.8 Å². The molecule has 0 aliphatic carbocycles. The van der Waals surface area contributed by atoms with Gasteiger partial charge < -0.3 is 15.2 Å². The molecule has 6 nitrogen and oxygen atoms in total. The zero-order valence-electron chi connectivity index (χ0n) is 12.5. The number of nitrogens with one attached hydrogen (secondary N) is 2. The SMILES string of the molecule is O=CNc1ccc(Cc2ccc(NC(=O)OCCO)cc2)cc1. The van der Waals surface area contributed by atoms with Crippen LogP contribution in [0.1, 0.15) is 11.1 Å². The van der Waals surface area contributed by atoms with E-state index < -0.39 is 6.09 Å². The molecule has 0 atom stereocenters. The fraction of sp³-hybridized carbons (Fsp3) is 0.176. The molecular weight excluding hydrogens is 296 g/mol. The Morgan fingerprint density at radius 3 is 2.09 bits per heavy atom. The van der Waals surface area contributed by atoms with Gasteiger partial charge in [0.05, 0.1) is 6.61 Å². The molecule has 6 heteroatoms. The van der Waals surface area contributed by atoms with E-state index in [1.807, 2.05) is 36.4 Å². The van der Waals surface area contributed by atoms with Gasteiger partial charge >= 0.3 is 6.09 Å². The van der Waals surface area contributed by atoms with Crippen molar-refractivity contribution in [3.8, 4) is 0 Å². The van der Waals surface area contributed by atoms with Crippen LogP contribution in [0.15, 0.2) is 48.5 Å². The number of benzene rings is 2. The third kappa shape index (κ3) is 5.44. The minimum Gasteiger partial charge on any atom is -0.447 e. The van der Waals surface area contributed by atoms with Crippen molar-refractivity contribution < 1.29 is 19.4 Å². The van der Waals surface area contributed by atoms with Gasteiger partial charge in [-0.25, -0.2) is 4.79 Å². The summed E-state index contributed by atoms with van der Waals surface area (Å²) < 4.78 is 4.72. The van der Waals surface area contributed by atoms with Gasteiger partial charge in [0.2, 0.25) is 6.41 Å². The van der Waals surface area contributed by atoms with E-state index in [4.69, 9.17) is 9.84 Å². The number of rotatable bonds is 7. The van der Waals surface area contributed by atoms with Crippen molar-refractivity contribution in [3.05, 3.63) is 59.7 Å². The molecule has 0 aromatic heterocycles. The van der Waals surface area contributed by atoms with E-state index in [1.165, 1.54) is 0 Å². The predicted molar refractivity (Wildman–Crippen MR) is 87.4 cm³/mol. The zero-order valence-corrected chi connectivity index (χ0v) is 12.5. The zero-order chi connectivity index (χ0) is 16.5. The van der Waals surface area contributed by atoms with Crippen LogP contribution < -0.4 is 10.6 Å². The van der Waals surface area contributed by atoms with Gasteiger partial charge in [0.15, 0.2) is 0 Å². The number of amides is 2. The molecule has 0 fully saturated rings. The Labute approximate surface area is 134 Å². The maximum atomic E-state index is 11.4. The first kappa shape index (κ1) is 16.5. The molecule has 2 amide bonds. The molecule has 2 rings (SSSR count). The fourth-order valence-electron chi connectivity index (χ4n) is 2.02. The Balaban J connectivity index is 1.91. The van der Waals surface area contributed by atoms with Crippen molar-refractivity contribution in [2.24, 2.45) is 0 Å². The summed E-state index contributed by atoms with van der Waals surface area (Å²) >= 11 is 0. The lowest BCUT2D eigenvalue weighted by Gasteiger charge is -2.07. The average molecular weight is 314 g/mol. The minimum absolute atomic E-state index is 0.0289. The molecule has 0 heterocycles. The first-order valence-corrected chi connectivity index (χ1v) is 7.14. The van der Waals surface area contributed by atoms with Crippen molar-refractivity contribution in [1.29, 1.82) is 0 Å². The second kappa shape index (κ2) is 8.55. The molecular formula is C17H18N2O4. The highest BCUT2D eigenvalue weighted by molar-refractivity contribution is 5.84. The van der Waals surface area contributed by atoms with Crippen molar-refractivity contribution in [3.63, 3.8) is 0 Å². The number of hydrogen-bond donors (Lipinski definition) is 3. The Morgan fingerprint density at radius 1 is 1.00 bits per heavy atom. The number of anilines is 2. The second-order valence-electron chi connectivity index (χ2n) is 4.82. The van der Waals surface area contributed by atoms with Crippen LogP contribution in [-0.4, -0.2) is 30.8 Å². The van der Waals surface area contributed by atoms with E-state index in [2.05, 4.69) is 10.6 Å². The smallest absolute Gasteiger partial charge is 0.411 e. The van der Waals surface area contributed by atoms with Crippen LogP contribution in [0.5, 0.6) is 0 Å². The van der Waals surface area contributed by atoms with Crippen molar-refractivity contribution in [1.82, 2.24) is 0 Å². The van der Waals surface area contributed by atoms with Crippen LogP contribution in [0.4, 0.5) is 16.2 Å². The van der Waals surface area contributed by atoms with Crippen molar-refractivity contribution >= 4 is 23.9 Å². The number of aliphatic hydroxyl groups is 1. The van der Waals surface area contributed by atoms with Crippen LogP contribution in [0, 0.1) is 0 Å². The summed E-state index contributed by atoms with van der Waals surface area (Å²) in [5.74, 6) is 0. The summed E-state index contributed by atoms with van der Waals surface area (Å²) in [7, 11) is 0. The monoisotopic (exact) mass is 314 g/mol. The normalized spacial score (nSPS) is 9.96. The van der Waals surface area contributed by atoms with Gasteiger partial charge in [-0.1, -0.05) is 24.3 Å². The molecule has 0 saturated heterocycles. The van der Waals surface area contributed by atoms with E-state index in [1.54, 1.807) is 12.1 Å². The molecule has 0 unspecified atom stereocenters. The van der Waals surface area contributed by atoms with E-state index in [0.717, 1.165) is 23.2 Å². The molecule has 0 bridgehead atoms. The largest absolute Gasteiger partial charge is 0.447 e. The number of ether oxygens (including phenoxy) is 1. The topological polar surface area (TPSA) is 87.7 Å². The molecule has 2 aromatic carbocycles. The molecule has 120 valence electrons. The van der Waals surface area contributed by atoms with Crippen LogP contribution in [0.3, 0.4) is 0 Å². The van der Waals surface area contributed by atoms with Crippen LogP contribution in [0.2, 0.25) is 0 Å². The highest BCUT2D eigenvalue weighted by Gasteiger charge is 2.03. The maximum absolute atomic E-state index is 11.4. The predicted octanol–water partition coefficient (Wildman–Crippen LogP) is 2.39. The maximum Gasteiger partial charge on any atom is 0.411 e. The Hall–Kier alpha value is -2.86. The van der Waals surface area contributed by atoms with Crippen LogP contribution in [-0.2, 0) is 16.0 Å². The molecule has 2 aromatic rings. The second-order valence-corrected chi connectivity index (χ2v) is 4.82. The summed E-state index contributed by atoms with van der Waals surface area (Å²) in [6.45, 7) is -0.230. The van der Waals surface area contributed by atoms with Crippen molar-refractivity contribution in [2.45, 2.75) is 6.42 Å². The lowest BCUT2D eigenvalue weighted by atomic mass is 10.0. The molecule has 0 spiro atoms. The van der Waals surface area contributed by atoms with Crippen molar-refractivity contribution in [2.75, 3.05) is 23.8 Å². The van der Waals surface area contributed by atoms with Gasteiger partial charge in [0.1, 0.15) is 6.61 Å². The average Bonchev–Trinajstić information content (AvgIpc) is 2.57. The third-order valence-electron chi connectivity index (χ3n) is 3.11. The van der Waals surface area contributed by atoms with E-state index in [9.17, 15) is 9.59 Å². The van der Waals surface area contributed by atoms with E-state index in [-0.39, 0.29) is 13.2 Å². The summed E-state index contributed by atoms with van der Waals surface area (Å²) in [6, 6.07) is 15.0. The van der Waals surface area contributed by atoms with Crippen LogP contribution >= 0.6 is 0 Å². The molecule has 0 aliphatic rings. The summed E-state index contributed by atoms with van der Waals surface area (Å²) in [5.41, 5.74) is 3.59. The number of hydrogen-bond acceptors (Lipinski definition) is 4. The molecule has 0 saturated carbocycles. The molecule has 3 N–H and O–H groups in total. The van der Waals surface area contributed by atoms with Gasteiger partial charge in [-0.2, -0.15) is 0 Å². The van der Waals surface area contributed by atoms with Gasteiger partial charge in [-0.3, -0.25) is 10.1 Å². The number of aliphatic hydroxyl groups excluding tert-OH is 1. The Kier molecular flexibility index (Phi) is 6.14.